The van der Waals surface area contributed by atoms with E-state index in [0.29, 0.717) is 0 Å². The van der Waals surface area contributed by atoms with Crippen LogP contribution in [0.25, 0.3) is 11.0 Å². The van der Waals surface area contributed by atoms with Crippen molar-refractivity contribution in [1.82, 2.24) is 5.32 Å². The van der Waals surface area contributed by atoms with Crippen LogP contribution < -0.4 is 5.32 Å². The van der Waals surface area contributed by atoms with E-state index in [4.69, 9.17) is 4.42 Å². The van der Waals surface area contributed by atoms with Crippen molar-refractivity contribution < 1.29 is 8.81 Å². The van der Waals surface area contributed by atoms with E-state index >= 15 is 0 Å². The Morgan fingerprint density at radius 2 is 2.24 bits per heavy atom. The van der Waals surface area contributed by atoms with Gasteiger partial charge in [0.05, 0.1) is 6.04 Å². The molecular formula is C18H24FNO. The van der Waals surface area contributed by atoms with E-state index in [9.17, 15) is 4.39 Å². The normalized spacial score (nSPS) is 12.7. The molecule has 0 aliphatic carbocycles. The fraction of sp³-hybridized carbons (Fsp3) is 0.444. The third kappa shape index (κ3) is 3.73. The molecule has 0 fully saturated rings. The molecule has 2 nitrogen and oxygen atoms in total. The Balaban J connectivity index is 2.29. The number of hydrogen-bond acceptors (Lipinski definition) is 2. The summed E-state index contributed by atoms with van der Waals surface area (Å²) in [5.41, 5.74) is 1.80. The lowest BCUT2D eigenvalue weighted by Gasteiger charge is -2.17. The molecule has 1 atom stereocenters. The number of allylic oxidation sites excluding steroid dienone is 1. The number of fused-ring (bicyclic) bond motifs is 1. The van der Waals surface area contributed by atoms with Gasteiger partial charge in [-0.15, -0.1) is 6.58 Å². The number of aryl methyl sites for hydroxylation is 1. The van der Waals surface area contributed by atoms with Gasteiger partial charge in [0.2, 0.25) is 0 Å². The Morgan fingerprint density at radius 1 is 1.43 bits per heavy atom. The summed E-state index contributed by atoms with van der Waals surface area (Å²) in [5, 5.41) is 4.41. The maximum Gasteiger partial charge on any atom is 0.134 e. The van der Waals surface area contributed by atoms with Gasteiger partial charge in [-0.2, -0.15) is 0 Å². The quantitative estimate of drug-likeness (QED) is 0.528. The molecule has 0 bridgehead atoms. The third-order valence-electron chi connectivity index (χ3n) is 3.79. The summed E-state index contributed by atoms with van der Waals surface area (Å²) in [5.74, 6) is 0.718. The number of hydrogen-bond donors (Lipinski definition) is 1. The lowest BCUT2D eigenvalue weighted by molar-refractivity contribution is 0.401. The van der Waals surface area contributed by atoms with E-state index in [1.54, 1.807) is 12.1 Å². The predicted octanol–water partition coefficient (Wildman–Crippen LogP) is 5.28. The van der Waals surface area contributed by atoms with Crippen molar-refractivity contribution in [3.8, 4) is 0 Å². The molecule has 1 heterocycles. The molecule has 1 aromatic heterocycles. The minimum absolute atomic E-state index is 0.181. The summed E-state index contributed by atoms with van der Waals surface area (Å²) in [4.78, 5) is 0. The van der Waals surface area contributed by atoms with Gasteiger partial charge in [-0.1, -0.05) is 13.0 Å². The molecule has 3 heteroatoms. The fourth-order valence-corrected chi connectivity index (χ4v) is 2.66. The van der Waals surface area contributed by atoms with Gasteiger partial charge in [0.15, 0.2) is 0 Å². The second-order valence-corrected chi connectivity index (χ2v) is 5.46. The highest BCUT2D eigenvalue weighted by atomic mass is 19.1. The van der Waals surface area contributed by atoms with Gasteiger partial charge in [0.1, 0.15) is 17.2 Å². The summed E-state index contributed by atoms with van der Waals surface area (Å²) >= 11 is 0. The van der Waals surface area contributed by atoms with E-state index in [1.807, 2.05) is 13.0 Å². The topological polar surface area (TPSA) is 25.2 Å². The van der Waals surface area contributed by atoms with Crippen LogP contribution in [0, 0.1) is 12.7 Å². The number of benzene rings is 1. The number of furan rings is 1. The first-order chi connectivity index (χ1) is 10.2. The molecule has 0 saturated carbocycles. The molecule has 2 rings (SSSR count). The molecule has 0 spiro atoms. The Bertz CT molecular complexity index is 603. The van der Waals surface area contributed by atoms with E-state index in [0.717, 1.165) is 54.5 Å². The molecular weight excluding hydrogens is 265 g/mol. The van der Waals surface area contributed by atoms with Crippen LogP contribution in [0.2, 0.25) is 0 Å². The Morgan fingerprint density at radius 3 is 2.95 bits per heavy atom. The standard InChI is InChI=1S/C18H24FNO/c1-4-6-7-8-16(20-11-5-2)18-13(3)15-12-14(19)9-10-17(15)21-18/h4,9-10,12,16,20H,1,5-8,11H2,2-3H3. The predicted molar refractivity (Wildman–Crippen MR) is 86.0 cm³/mol. The van der Waals surface area contributed by atoms with Gasteiger partial charge in [0.25, 0.3) is 0 Å². The molecule has 2 aromatic rings. The van der Waals surface area contributed by atoms with Crippen molar-refractivity contribution in [1.29, 1.82) is 0 Å². The summed E-state index contributed by atoms with van der Waals surface area (Å²) in [6, 6.07) is 4.89. The maximum atomic E-state index is 13.4. The molecule has 1 N–H and O–H groups in total. The molecule has 0 amide bonds. The van der Waals surface area contributed by atoms with E-state index in [-0.39, 0.29) is 11.9 Å². The van der Waals surface area contributed by atoms with E-state index in [1.165, 1.54) is 6.07 Å². The average molecular weight is 289 g/mol. The molecule has 1 unspecified atom stereocenters. The molecule has 0 radical (unpaired) electrons. The monoisotopic (exact) mass is 289 g/mol. The lowest BCUT2D eigenvalue weighted by Crippen LogP contribution is -2.22. The summed E-state index contributed by atoms with van der Waals surface area (Å²) < 4.78 is 19.4. The Labute approximate surface area is 126 Å². The number of nitrogens with one attached hydrogen (secondary N) is 1. The molecule has 1 aromatic carbocycles. The Kier molecular flexibility index (Phi) is 5.57. The van der Waals surface area contributed by atoms with Crippen molar-refractivity contribution in [3.05, 3.63) is 48.0 Å². The summed E-state index contributed by atoms with van der Waals surface area (Å²) in [7, 11) is 0. The van der Waals surface area contributed by atoms with Crippen LogP contribution in [-0.4, -0.2) is 6.54 Å². The molecule has 0 aliphatic heterocycles. The first-order valence-electron chi connectivity index (χ1n) is 7.70. The van der Waals surface area contributed by atoms with E-state index in [2.05, 4.69) is 18.8 Å². The largest absolute Gasteiger partial charge is 0.459 e. The Hall–Kier alpha value is -1.61. The van der Waals surface area contributed by atoms with Crippen LogP contribution in [0.5, 0.6) is 0 Å². The summed E-state index contributed by atoms with van der Waals surface area (Å²) in [6.45, 7) is 8.87. The smallest absolute Gasteiger partial charge is 0.134 e. The van der Waals surface area contributed by atoms with Crippen LogP contribution in [0.4, 0.5) is 4.39 Å². The summed E-state index contributed by atoms with van der Waals surface area (Å²) in [6.07, 6.45) is 6.08. The van der Waals surface area contributed by atoms with Crippen molar-refractivity contribution in [2.45, 2.75) is 45.6 Å². The third-order valence-corrected chi connectivity index (χ3v) is 3.79. The first-order valence-corrected chi connectivity index (χ1v) is 7.70. The van der Waals surface area contributed by atoms with Crippen molar-refractivity contribution in [2.24, 2.45) is 0 Å². The number of halogens is 1. The highest BCUT2D eigenvalue weighted by Gasteiger charge is 2.19. The second-order valence-electron chi connectivity index (χ2n) is 5.46. The van der Waals surface area contributed by atoms with Crippen molar-refractivity contribution in [2.75, 3.05) is 6.54 Å². The van der Waals surface area contributed by atoms with Crippen molar-refractivity contribution in [3.63, 3.8) is 0 Å². The minimum Gasteiger partial charge on any atom is -0.459 e. The van der Waals surface area contributed by atoms with Crippen LogP contribution in [0.3, 0.4) is 0 Å². The van der Waals surface area contributed by atoms with Gasteiger partial charge >= 0.3 is 0 Å². The first kappa shape index (κ1) is 15.8. The van der Waals surface area contributed by atoms with Crippen LogP contribution in [-0.2, 0) is 0 Å². The number of rotatable bonds is 8. The lowest BCUT2D eigenvalue weighted by atomic mass is 10.0. The fourth-order valence-electron chi connectivity index (χ4n) is 2.66. The van der Waals surface area contributed by atoms with Gasteiger partial charge in [-0.3, -0.25) is 0 Å². The van der Waals surface area contributed by atoms with Crippen LogP contribution in [0.15, 0.2) is 35.3 Å². The maximum absolute atomic E-state index is 13.4. The zero-order valence-electron chi connectivity index (χ0n) is 12.9. The highest BCUT2D eigenvalue weighted by molar-refractivity contribution is 5.82. The SMILES string of the molecule is C=CCCCC(NCCC)c1oc2ccc(F)cc2c1C. The minimum atomic E-state index is -0.220. The molecule has 0 saturated heterocycles. The van der Waals surface area contributed by atoms with Crippen molar-refractivity contribution >= 4 is 11.0 Å². The highest BCUT2D eigenvalue weighted by Crippen LogP contribution is 2.32. The molecule has 21 heavy (non-hydrogen) atoms. The zero-order valence-corrected chi connectivity index (χ0v) is 12.9. The van der Waals surface area contributed by atoms with Crippen LogP contribution >= 0.6 is 0 Å². The average Bonchev–Trinajstić information content (AvgIpc) is 2.80. The second kappa shape index (κ2) is 7.41. The number of unbranched alkanes of at least 4 members (excludes halogenated alkanes) is 1. The van der Waals surface area contributed by atoms with Gasteiger partial charge in [-0.25, -0.2) is 4.39 Å². The zero-order chi connectivity index (χ0) is 15.2. The van der Waals surface area contributed by atoms with Gasteiger partial charge in [0, 0.05) is 10.9 Å². The molecule has 114 valence electrons. The van der Waals surface area contributed by atoms with E-state index < -0.39 is 0 Å². The van der Waals surface area contributed by atoms with Gasteiger partial charge < -0.3 is 9.73 Å². The molecule has 0 aliphatic rings. The van der Waals surface area contributed by atoms with Gasteiger partial charge in [-0.05, 0) is 57.4 Å². The van der Waals surface area contributed by atoms with Crippen LogP contribution in [0.1, 0.15) is 50.0 Å².